The smallest absolute Gasteiger partial charge is 0.160 e. The number of rotatable bonds is 5. The van der Waals surface area contributed by atoms with Crippen molar-refractivity contribution in [2.75, 3.05) is 0 Å². The fraction of sp³-hybridized carbons (Fsp3) is 0.700. The first-order valence-electron chi connectivity index (χ1n) is 5.18. The summed E-state index contributed by atoms with van der Waals surface area (Å²) >= 11 is 0. The SMILES string of the molecule is CCC(N)(CC)C(=O)Cc1ncnn1C. The Morgan fingerprint density at radius 2 is 2.13 bits per heavy atom. The van der Waals surface area contributed by atoms with Gasteiger partial charge in [-0.1, -0.05) is 13.8 Å². The van der Waals surface area contributed by atoms with Gasteiger partial charge in [0.05, 0.1) is 12.0 Å². The zero-order valence-corrected chi connectivity index (χ0v) is 9.53. The van der Waals surface area contributed by atoms with Crippen LogP contribution in [0.3, 0.4) is 0 Å². The van der Waals surface area contributed by atoms with Crippen molar-refractivity contribution in [1.82, 2.24) is 14.8 Å². The summed E-state index contributed by atoms with van der Waals surface area (Å²) in [6.45, 7) is 3.86. The summed E-state index contributed by atoms with van der Waals surface area (Å²) in [7, 11) is 1.77. The summed E-state index contributed by atoms with van der Waals surface area (Å²) in [5.74, 6) is 0.695. The summed E-state index contributed by atoms with van der Waals surface area (Å²) in [4.78, 5) is 16.0. The van der Waals surface area contributed by atoms with E-state index in [1.165, 1.54) is 6.33 Å². The van der Waals surface area contributed by atoms with Crippen LogP contribution in [0.15, 0.2) is 6.33 Å². The monoisotopic (exact) mass is 210 g/mol. The van der Waals surface area contributed by atoms with E-state index in [9.17, 15) is 4.79 Å². The van der Waals surface area contributed by atoms with E-state index in [1.807, 2.05) is 13.8 Å². The molecule has 0 saturated carbocycles. The van der Waals surface area contributed by atoms with Gasteiger partial charge in [0.15, 0.2) is 5.78 Å². The topological polar surface area (TPSA) is 73.8 Å². The van der Waals surface area contributed by atoms with Gasteiger partial charge in [0.2, 0.25) is 0 Å². The minimum atomic E-state index is -0.716. The van der Waals surface area contributed by atoms with Gasteiger partial charge in [0, 0.05) is 7.05 Å². The molecule has 0 aromatic carbocycles. The van der Waals surface area contributed by atoms with Crippen molar-refractivity contribution in [2.24, 2.45) is 12.8 Å². The van der Waals surface area contributed by atoms with Crippen LogP contribution in [0.25, 0.3) is 0 Å². The first-order chi connectivity index (χ1) is 7.03. The number of nitrogens with zero attached hydrogens (tertiary/aromatic N) is 3. The standard InChI is InChI=1S/C10H18N4O/c1-4-10(11,5-2)8(15)6-9-12-7-13-14(9)3/h7H,4-6,11H2,1-3H3. The number of hydrogen-bond acceptors (Lipinski definition) is 4. The lowest BCUT2D eigenvalue weighted by Gasteiger charge is -2.24. The molecule has 2 N–H and O–H groups in total. The van der Waals surface area contributed by atoms with E-state index in [2.05, 4.69) is 10.1 Å². The van der Waals surface area contributed by atoms with Gasteiger partial charge in [-0.05, 0) is 12.8 Å². The third-order valence-corrected chi connectivity index (χ3v) is 2.94. The molecule has 0 aliphatic rings. The number of Topliss-reactive ketones (excluding diaryl/α,β-unsaturated/α-hetero) is 1. The molecule has 1 aromatic rings. The Balaban J connectivity index is 2.75. The Morgan fingerprint density at radius 3 is 2.53 bits per heavy atom. The largest absolute Gasteiger partial charge is 0.319 e. The lowest BCUT2D eigenvalue weighted by molar-refractivity contribution is -0.123. The molecule has 0 spiro atoms. The number of carbonyl (C=O) groups is 1. The van der Waals surface area contributed by atoms with E-state index in [0.29, 0.717) is 18.7 Å². The Morgan fingerprint density at radius 1 is 1.53 bits per heavy atom. The second-order valence-corrected chi connectivity index (χ2v) is 3.76. The van der Waals surface area contributed by atoms with Gasteiger partial charge in [-0.3, -0.25) is 9.48 Å². The van der Waals surface area contributed by atoms with E-state index in [-0.39, 0.29) is 12.2 Å². The highest BCUT2D eigenvalue weighted by Crippen LogP contribution is 2.14. The van der Waals surface area contributed by atoms with E-state index < -0.39 is 5.54 Å². The van der Waals surface area contributed by atoms with Crippen molar-refractivity contribution >= 4 is 5.78 Å². The van der Waals surface area contributed by atoms with Crippen molar-refractivity contribution in [3.8, 4) is 0 Å². The van der Waals surface area contributed by atoms with Crippen LogP contribution in [-0.2, 0) is 18.3 Å². The van der Waals surface area contributed by atoms with Crippen LogP contribution >= 0.6 is 0 Å². The lowest BCUT2D eigenvalue weighted by atomic mass is 9.87. The zero-order valence-electron chi connectivity index (χ0n) is 9.53. The van der Waals surface area contributed by atoms with Gasteiger partial charge in [-0.25, -0.2) is 4.98 Å². The number of nitrogens with two attached hydrogens (primary N) is 1. The van der Waals surface area contributed by atoms with E-state index in [4.69, 9.17) is 5.73 Å². The fourth-order valence-electron chi connectivity index (χ4n) is 1.44. The number of aryl methyl sites for hydroxylation is 1. The van der Waals surface area contributed by atoms with Gasteiger partial charge in [-0.2, -0.15) is 5.10 Å². The summed E-state index contributed by atoms with van der Waals surface area (Å²) < 4.78 is 1.60. The third kappa shape index (κ3) is 2.41. The number of ketones is 1. The molecule has 0 atom stereocenters. The molecule has 84 valence electrons. The normalized spacial score (nSPS) is 11.7. The molecule has 1 heterocycles. The maximum Gasteiger partial charge on any atom is 0.160 e. The summed E-state index contributed by atoms with van der Waals surface area (Å²) in [6, 6.07) is 0. The number of aromatic nitrogens is 3. The minimum Gasteiger partial charge on any atom is -0.319 e. The van der Waals surface area contributed by atoms with E-state index in [0.717, 1.165) is 0 Å². The second-order valence-electron chi connectivity index (χ2n) is 3.76. The number of carbonyl (C=O) groups excluding carboxylic acids is 1. The average molecular weight is 210 g/mol. The van der Waals surface area contributed by atoms with Crippen molar-refractivity contribution in [3.63, 3.8) is 0 Å². The molecule has 1 rings (SSSR count). The molecule has 0 aliphatic heterocycles. The molecule has 15 heavy (non-hydrogen) atoms. The molecule has 0 saturated heterocycles. The Labute approximate surface area is 89.7 Å². The second kappa shape index (κ2) is 4.53. The van der Waals surface area contributed by atoms with Crippen LogP contribution in [0.4, 0.5) is 0 Å². The number of hydrogen-bond donors (Lipinski definition) is 1. The molecule has 0 aliphatic carbocycles. The maximum absolute atomic E-state index is 11.9. The first kappa shape index (κ1) is 11.8. The minimum absolute atomic E-state index is 0.0311. The fourth-order valence-corrected chi connectivity index (χ4v) is 1.44. The molecule has 0 radical (unpaired) electrons. The molecule has 0 amide bonds. The molecule has 0 unspecified atom stereocenters. The molecule has 5 heteroatoms. The molecule has 0 bridgehead atoms. The Bertz CT molecular complexity index is 341. The van der Waals surface area contributed by atoms with Gasteiger partial charge < -0.3 is 5.73 Å². The van der Waals surface area contributed by atoms with Gasteiger partial charge in [-0.15, -0.1) is 0 Å². The Kier molecular flexibility index (Phi) is 3.57. The molecular formula is C10H18N4O. The van der Waals surface area contributed by atoms with Gasteiger partial charge in [0.1, 0.15) is 12.2 Å². The van der Waals surface area contributed by atoms with Crippen LogP contribution < -0.4 is 5.73 Å². The zero-order chi connectivity index (χ0) is 11.5. The third-order valence-electron chi connectivity index (χ3n) is 2.94. The van der Waals surface area contributed by atoms with E-state index in [1.54, 1.807) is 11.7 Å². The van der Waals surface area contributed by atoms with Crippen LogP contribution in [0.2, 0.25) is 0 Å². The summed E-state index contributed by atoms with van der Waals surface area (Å²) in [5.41, 5.74) is 5.28. The van der Waals surface area contributed by atoms with Crippen molar-refractivity contribution in [2.45, 2.75) is 38.6 Å². The summed E-state index contributed by atoms with van der Waals surface area (Å²) in [5, 5.41) is 3.92. The molecule has 5 nitrogen and oxygen atoms in total. The highest BCUT2D eigenvalue weighted by atomic mass is 16.1. The lowest BCUT2D eigenvalue weighted by Crippen LogP contribution is -2.47. The highest BCUT2D eigenvalue weighted by Gasteiger charge is 2.30. The van der Waals surface area contributed by atoms with Crippen LogP contribution in [-0.4, -0.2) is 26.1 Å². The predicted octanol–water partition coefficient (Wildman–Crippen LogP) is 0.444. The predicted molar refractivity (Wildman–Crippen MR) is 57.2 cm³/mol. The molecular weight excluding hydrogens is 192 g/mol. The van der Waals surface area contributed by atoms with Crippen LogP contribution in [0.5, 0.6) is 0 Å². The maximum atomic E-state index is 11.9. The van der Waals surface area contributed by atoms with Gasteiger partial charge >= 0.3 is 0 Å². The van der Waals surface area contributed by atoms with Gasteiger partial charge in [0.25, 0.3) is 0 Å². The molecule has 0 fully saturated rings. The quantitative estimate of drug-likeness (QED) is 0.765. The average Bonchev–Trinajstić information content (AvgIpc) is 2.63. The van der Waals surface area contributed by atoms with Crippen LogP contribution in [0.1, 0.15) is 32.5 Å². The first-order valence-corrected chi connectivity index (χ1v) is 5.18. The summed E-state index contributed by atoms with van der Waals surface area (Å²) in [6.07, 6.45) is 3.01. The van der Waals surface area contributed by atoms with Crippen LogP contribution in [0, 0.1) is 0 Å². The van der Waals surface area contributed by atoms with Crippen molar-refractivity contribution in [3.05, 3.63) is 12.2 Å². The van der Waals surface area contributed by atoms with Crippen molar-refractivity contribution < 1.29 is 4.79 Å². The molecule has 1 aromatic heterocycles. The highest BCUT2D eigenvalue weighted by molar-refractivity contribution is 5.89. The van der Waals surface area contributed by atoms with Crippen molar-refractivity contribution in [1.29, 1.82) is 0 Å². The van der Waals surface area contributed by atoms with E-state index >= 15 is 0 Å². The Hall–Kier alpha value is -1.23.